The minimum atomic E-state index is 0.418. The zero-order chi connectivity index (χ0) is 10.1. The third-order valence-corrected chi connectivity index (χ3v) is 3.85. The summed E-state index contributed by atoms with van der Waals surface area (Å²) in [7, 11) is 0. The van der Waals surface area contributed by atoms with Crippen molar-refractivity contribution in [1.29, 1.82) is 0 Å². The number of hydrogen-bond acceptors (Lipinski definition) is 2. The maximum atomic E-state index is 9.60. The lowest BCUT2D eigenvalue weighted by atomic mass is 9.84. The third kappa shape index (κ3) is 1.63. The van der Waals surface area contributed by atoms with E-state index >= 15 is 0 Å². The summed E-state index contributed by atoms with van der Waals surface area (Å²) in [5.41, 5.74) is 2.83. The van der Waals surface area contributed by atoms with Crippen LogP contribution in [0.15, 0.2) is 17.0 Å². The van der Waals surface area contributed by atoms with E-state index in [4.69, 9.17) is 0 Å². The first-order chi connectivity index (χ1) is 6.72. The summed E-state index contributed by atoms with van der Waals surface area (Å²) in [6, 6.07) is 3.83. The van der Waals surface area contributed by atoms with Crippen LogP contribution in [0.2, 0.25) is 0 Å². The molecule has 0 aromatic heterocycles. The smallest absolute Gasteiger partial charge is 0.116 e. The van der Waals surface area contributed by atoms with Gasteiger partial charge < -0.3 is 5.11 Å². The molecule has 0 heterocycles. The summed E-state index contributed by atoms with van der Waals surface area (Å²) in [5, 5.41) is 9.60. The molecule has 1 atom stereocenters. The van der Waals surface area contributed by atoms with E-state index in [9.17, 15) is 5.11 Å². The number of aromatic hydroxyl groups is 1. The van der Waals surface area contributed by atoms with Crippen LogP contribution in [-0.2, 0) is 6.42 Å². The van der Waals surface area contributed by atoms with Crippen molar-refractivity contribution in [2.75, 3.05) is 6.26 Å². The highest BCUT2D eigenvalue weighted by molar-refractivity contribution is 7.98. The van der Waals surface area contributed by atoms with Gasteiger partial charge in [-0.15, -0.1) is 11.8 Å². The molecule has 0 radical (unpaired) electrons. The Bertz CT molecular complexity index is 346. The van der Waals surface area contributed by atoms with Crippen molar-refractivity contribution in [3.05, 3.63) is 23.3 Å². The second-order valence-corrected chi connectivity index (χ2v) is 4.86. The molecule has 1 aromatic rings. The van der Waals surface area contributed by atoms with Crippen molar-refractivity contribution in [2.45, 2.75) is 37.0 Å². The van der Waals surface area contributed by atoms with Crippen LogP contribution in [0.1, 0.15) is 36.8 Å². The molecular weight excluding hydrogens is 192 g/mol. The lowest BCUT2D eigenvalue weighted by Gasteiger charge is -2.24. The molecule has 0 aliphatic heterocycles. The van der Waals surface area contributed by atoms with E-state index in [-0.39, 0.29) is 0 Å². The Morgan fingerprint density at radius 1 is 1.43 bits per heavy atom. The Balaban J connectivity index is 2.54. The molecule has 1 N–H and O–H groups in total. The summed E-state index contributed by atoms with van der Waals surface area (Å²) in [5.74, 6) is 1.03. The lowest BCUT2D eigenvalue weighted by Crippen LogP contribution is -2.07. The maximum absolute atomic E-state index is 9.60. The monoisotopic (exact) mass is 208 g/mol. The molecule has 1 aliphatic rings. The molecule has 1 nitrogen and oxygen atoms in total. The summed E-state index contributed by atoms with van der Waals surface area (Å²) < 4.78 is 0. The van der Waals surface area contributed by atoms with Crippen molar-refractivity contribution in [1.82, 2.24) is 0 Å². The van der Waals surface area contributed by atoms with E-state index in [0.717, 1.165) is 0 Å². The average molecular weight is 208 g/mol. The normalized spacial score (nSPS) is 20.6. The Morgan fingerprint density at radius 3 is 2.93 bits per heavy atom. The number of thioether (sulfide) groups is 1. The highest BCUT2D eigenvalue weighted by atomic mass is 32.2. The Labute approximate surface area is 89.5 Å². The van der Waals surface area contributed by atoms with Gasteiger partial charge in [-0.25, -0.2) is 0 Å². The van der Waals surface area contributed by atoms with Gasteiger partial charge in [-0.1, -0.05) is 6.92 Å². The van der Waals surface area contributed by atoms with Gasteiger partial charge in [0.2, 0.25) is 0 Å². The van der Waals surface area contributed by atoms with Crippen LogP contribution in [0, 0.1) is 0 Å². The molecule has 2 heteroatoms. The quantitative estimate of drug-likeness (QED) is 0.712. The predicted octanol–water partition coefficient (Wildman–Crippen LogP) is 3.55. The van der Waals surface area contributed by atoms with E-state index < -0.39 is 0 Å². The molecule has 2 rings (SSSR count). The van der Waals surface area contributed by atoms with Crippen LogP contribution in [0.4, 0.5) is 0 Å². The fourth-order valence-electron chi connectivity index (χ4n) is 2.28. The van der Waals surface area contributed by atoms with Crippen LogP contribution in [0.5, 0.6) is 5.75 Å². The van der Waals surface area contributed by atoms with Crippen molar-refractivity contribution in [3.63, 3.8) is 0 Å². The van der Waals surface area contributed by atoms with Crippen LogP contribution < -0.4 is 0 Å². The zero-order valence-electron chi connectivity index (χ0n) is 8.71. The molecule has 0 saturated heterocycles. The van der Waals surface area contributed by atoms with Crippen LogP contribution in [0.25, 0.3) is 0 Å². The largest absolute Gasteiger partial charge is 0.508 e. The van der Waals surface area contributed by atoms with Crippen molar-refractivity contribution < 1.29 is 5.11 Å². The first-order valence-electron chi connectivity index (χ1n) is 5.12. The van der Waals surface area contributed by atoms with Gasteiger partial charge in [0, 0.05) is 4.90 Å². The van der Waals surface area contributed by atoms with Gasteiger partial charge >= 0.3 is 0 Å². The third-order valence-electron chi connectivity index (χ3n) is 3.04. The number of fused-ring (bicyclic) bond motifs is 1. The topological polar surface area (TPSA) is 20.2 Å². The Kier molecular flexibility index (Phi) is 2.73. The number of benzene rings is 1. The molecule has 0 fully saturated rings. The predicted molar refractivity (Wildman–Crippen MR) is 61.2 cm³/mol. The van der Waals surface area contributed by atoms with Gasteiger partial charge in [0.05, 0.1) is 0 Å². The first kappa shape index (κ1) is 9.91. The molecule has 1 aliphatic carbocycles. The standard InChI is InChI=1S/C12H16OS/c1-8-4-3-5-10-11(8)6-9(13)7-12(10)14-2/h6-8,13H,3-5H2,1-2H3. The van der Waals surface area contributed by atoms with Crippen molar-refractivity contribution >= 4 is 11.8 Å². The fraction of sp³-hybridized carbons (Fsp3) is 0.500. The lowest BCUT2D eigenvalue weighted by molar-refractivity contribution is 0.468. The number of hydrogen-bond donors (Lipinski definition) is 1. The second-order valence-electron chi connectivity index (χ2n) is 4.01. The molecule has 0 bridgehead atoms. The van der Waals surface area contributed by atoms with Gasteiger partial charge in [-0.2, -0.15) is 0 Å². The minimum Gasteiger partial charge on any atom is -0.508 e. The van der Waals surface area contributed by atoms with Crippen molar-refractivity contribution in [3.8, 4) is 5.75 Å². The molecule has 1 unspecified atom stereocenters. The van der Waals surface area contributed by atoms with Gasteiger partial charge in [-0.3, -0.25) is 0 Å². The highest BCUT2D eigenvalue weighted by Gasteiger charge is 2.19. The first-order valence-corrected chi connectivity index (χ1v) is 6.34. The summed E-state index contributed by atoms with van der Waals surface area (Å²) in [6.45, 7) is 2.25. The van der Waals surface area contributed by atoms with Crippen molar-refractivity contribution in [2.24, 2.45) is 0 Å². The number of phenols is 1. The van der Waals surface area contributed by atoms with E-state index in [1.54, 1.807) is 11.8 Å². The van der Waals surface area contributed by atoms with Gasteiger partial charge in [0.25, 0.3) is 0 Å². The van der Waals surface area contributed by atoms with E-state index in [1.165, 1.54) is 35.3 Å². The van der Waals surface area contributed by atoms with Gasteiger partial charge in [0.1, 0.15) is 5.75 Å². The van der Waals surface area contributed by atoms with E-state index in [1.807, 2.05) is 12.1 Å². The molecular formula is C12H16OS. The number of rotatable bonds is 1. The van der Waals surface area contributed by atoms with E-state index in [2.05, 4.69) is 13.2 Å². The number of phenolic OH excluding ortho intramolecular Hbond substituents is 1. The Hall–Kier alpha value is -0.630. The SMILES string of the molecule is CSc1cc(O)cc2c1CCCC2C. The maximum Gasteiger partial charge on any atom is 0.116 e. The molecule has 0 spiro atoms. The fourth-order valence-corrected chi connectivity index (χ4v) is 2.99. The van der Waals surface area contributed by atoms with Crippen LogP contribution in [-0.4, -0.2) is 11.4 Å². The van der Waals surface area contributed by atoms with Crippen LogP contribution in [0.3, 0.4) is 0 Å². The summed E-state index contributed by atoms with van der Waals surface area (Å²) in [4.78, 5) is 1.26. The van der Waals surface area contributed by atoms with Gasteiger partial charge in [0.15, 0.2) is 0 Å². The van der Waals surface area contributed by atoms with Crippen LogP contribution >= 0.6 is 11.8 Å². The summed E-state index contributed by atoms with van der Waals surface area (Å²) >= 11 is 1.74. The average Bonchev–Trinajstić information content (AvgIpc) is 2.18. The zero-order valence-corrected chi connectivity index (χ0v) is 9.53. The molecule has 14 heavy (non-hydrogen) atoms. The molecule has 1 aromatic carbocycles. The molecule has 0 saturated carbocycles. The minimum absolute atomic E-state index is 0.418. The second kappa shape index (κ2) is 3.85. The van der Waals surface area contributed by atoms with E-state index in [0.29, 0.717) is 11.7 Å². The molecule has 76 valence electrons. The van der Waals surface area contributed by atoms with Gasteiger partial charge in [-0.05, 0) is 54.7 Å². The molecule has 0 amide bonds. The Morgan fingerprint density at radius 2 is 2.21 bits per heavy atom. The highest BCUT2D eigenvalue weighted by Crippen LogP contribution is 2.38. The summed E-state index contributed by atoms with van der Waals surface area (Å²) in [6.07, 6.45) is 5.79.